The van der Waals surface area contributed by atoms with Gasteiger partial charge in [-0.05, 0) is 31.6 Å². The lowest BCUT2D eigenvalue weighted by Crippen LogP contribution is -3.09. The average Bonchev–Trinajstić information content (AvgIpc) is 2.93. The number of rotatable bonds is 4. The average molecular weight is 261 g/mol. The smallest absolute Gasteiger partial charge is 0.139 e. The van der Waals surface area contributed by atoms with Crippen LogP contribution in [0.2, 0.25) is 0 Å². The Morgan fingerprint density at radius 1 is 1.05 bits per heavy atom. The van der Waals surface area contributed by atoms with Crippen molar-refractivity contribution in [2.75, 3.05) is 26.2 Å². The van der Waals surface area contributed by atoms with Crippen molar-refractivity contribution < 1.29 is 9.64 Å². The van der Waals surface area contributed by atoms with Crippen molar-refractivity contribution in [2.24, 2.45) is 0 Å². The summed E-state index contributed by atoms with van der Waals surface area (Å²) in [7, 11) is 0. The highest BCUT2D eigenvalue weighted by Crippen LogP contribution is 2.31. The number of likely N-dealkylation sites (tertiary alicyclic amines) is 1. The zero-order valence-electron chi connectivity index (χ0n) is 11.8. The lowest BCUT2D eigenvalue weighted by atomic mass is 9.85. The number of ether oxygens (including phenoxy) is 1. The summed E-state index contributed by atoms with van der Waals surface area (Å²) in [5, 5.41) is 8.63. The Kier molecular flexibility index (Phi) is 5.70. The molecule has 1 aliphatic heterocycles. The van der Waals surface area contributed by atoms with Gasteiger partial charge in [0.05, 0.1) is 32.2 Å². The van der Waals surface area contributed by atoms with Gasteiger partial charge >= 0.3 is 0 Å². The minimum Gasteiger partial charge on any atom is -0.361 e. The van der Waals surface area contributed by atoms with Crippen LogP contribution in [0.1, 0.15) is 51.4 Å². The van der Waals surface area contributed by atoms with E-state index in [1.54, 1.807) is 4.90 Å². The minimum absolute atomic E-state index is 0.242. The summed E-state index contributed by atoms with van der Waals surface area (Å²) in [5.74, 6) is 6.79. The summed E-state index contributed by atoms with van der Waals surface area (Å²) in [4.78, 5) is 1.62. The first kappa shape index (κ1) is 14.4. The van der Waals surface area contributed by atoms with Crippen molar-refractivity contribution in [3.63, 3.8) is 0 Å². The predicted molar refractivity (Wildman–Crippen MR) is 74.6 cm³/mol. The summed E-state index contributed by atoms with van der Waals surface area (Å²) in [6, 6.07) is 2.15. The molecule has 0 radical (unpaired) electrons. The SMILES string of the molecule is N#CCCOC1(C#CC[NH+]2CCCC2)CCCCC1. The maximum Gasteiger partial charge on any atom is 0.139 e. The maximum absolute atomic E-state index is 8.63. The molecule has 104 valence electrons. The molecule has 0 aromatic heterocycles. The number of nitrogens with one attached hydrogen (secondary N) is 1. The molecule has 0 amide bonds. The van der Waals surface area contributed by atoms with Gasteiger partial charge in [-0.3, -0.25) is 0 Å². The first-order valence-electron chi connectivity index (χ1n) is 7.69. The van der Waals surface area contributed by atoms with E-state index in [-0.39, 0.29) is 5.60 Å². The van der Waals surface area contributed by atoms with Gasteiger partial charge in [-0.1, -0.05) is 12.3 Å². The molecular formula is C16H25N2O+. The van der Waals surface area contributed by atoms with Crippen molar-refractivity contribution in [3.8, 4) is 17.9 Å². The standard InChI is InChI=1S/C16H24N2O/c17-11-7-15-19-16(8-2-1-3-9-16)10-6-14-18-12-4-5-13-18/h1-5,7-9,12-15H2/p+1. The molecule has 3 heteroatoms. The van der Waals surface area contributed by atoms with E-state index >= 15 is 0 Å². The van der Waals surface area contributed by atoms with Crippen molar-refractivity contribution >= 4 is 0 Å². The van der Waals surface area contributed by atoms with Crippen LogP contribution in [0.3, 0.4) is 0 Å². The van der Waals surface area contributed by atoms with Crippen LogP contribution in [-0.4, -0.2) is 31.8 Å². The molecule has 1 heterocycles. The molecule has 0 atom stereocenters. The molecule has 1 N–H and O–H groups in total. The van der Waals surface area contributed by atoms with Gasteiger partial charge in [0.1, 0.15) is 12.1 Å². The number of nitriles is 1. The lowest BCUT2D eigenvalue weighted by Gasteiger charge is -2.32. The van der Waals surface area contributed by atoms with Crippen LogP contribution in [0.5, 0.6) is 0 Å². The number of hydrogen-bond acceptors (Lipinski definition) is 2. The monoisotopic (exact) mass is 261 g/mol. The van der Waals surface area contributed by atoms with E-state index in [4.69, 9.17) is 10.00 Å². The number of quaternary nitrogens is 1. The van der Waals surface area contributed by atoms with Gasteiger partial charge in [-0.25, -0.2) is 0 Å². The summed E-state index contributed by atoms with van der Waals surface area (Å²) in [5.41, 5.74) is -0.242. The van der Waals surface area contributed by atoms with E-state index in [9.17, 15) is 0 Å². The van der Waals surface area contributed by atoms with Crippen LogP contribution >= 0.6 is 0 Å². The first-order valence-corrected chi connectivity index (χ1v) is 7.69. The van der Waals surface area contributed by atoms with Crippen LogP contribution in [0.15, 0.2) is 0 Å². The van der Waals surface area contributed by atoms with E-state index in [1.807, 2.05) is 0 Å². The topological polar surface area (TPSA) is 37.5 Å². The molecule has 1 saturated heterocycles. The zero-order valence-corrected chi connectivity index (χ0v) is 11.8. The van der Waals surface area contributed by atoms with Crippen LogP contribution in [-0.2, 0) is 4.74 Å². The Morgan fingerprint density at radius 3 is 2.47 bits per heavy atom. The Hall–Kier alpha value is -1.03. The fraction of sp³-hybridized carbons (Fsp3) is 0.812. The third-order valence-corrected chi connectivity index (χ3v) is 4.22. The predicted octanol–water partition coefficient (Wildman–Crippen LogP) is 1.30. The van der Waals surface area contributed by atoms with Crippen molar-refractivity contribution in [2.45, 2.75) is 57.0 Å². The minimum atomic E-state index is -0.242. The molecule has 19 heavy (non-hydrogen) atoms. The summed E-state index contributed by atoms with van der Waals surface area (Å²) < 4.78 is 5.97. The molecule has 1 aliphatic carbocycles. The normalized spacial score (nSPS) is 22.5. The van der Waals surface area contributed by atoms with E-state index in [2.05, 4.69) is 17.9 Å². The quantitative estimate of drug-likeness (QED) is 0.612. The lowest BCUT2D eigenvalue weighted by molar-refractivity contribution is -0.879. The van der Waals surface area contributed by atoms with Crippen LogP contribution < -0.4 is 4.90 Å². The molecular weight excluding hydrogens is 236 g/mol. The molecule has 2 aliphatic rings. The third-order valence-electron chi connectivity index (χ3n) is 4.22. The second kappa shape index (κ2) is 7.53. The fourth-order valence-electron chi connectivity index (χ4n) is 3.10. The van der Waals surface area contributed by atoms with Crippen molar-refractivity contribution in [1.29, 1.82) is 5.26 Å². The maximum atomic E-state index is 8.63. The van der Waals surface area contributed by atoms with E-state index in [0.717, 1.165) is 19.4 Å². The number of hydrogen-bond donors (Lipinski definition) is 1. The summed E-state index contributed by atoms with van der Waals surface area (Å²) in [6.45, 7) is 4.04. The zero-order chi connectivity index (χ0) is 13.4. The highest BCUT2D eigenvalue weighted by atomic mass is 16.5. The molecule has 0 aromatic rings. The Labute approximate surface area is 116 Å². The molecule has 2 fully saturated rings. The largest absolute Gasteiger partial charge is 0.361 e. The Balaban J connectivity index is 1.88. The van der Waals surface area contributed by atoms with Gasteiger partial charge in [-0.2, -0.15) is 5.26 Å². The van der Waals surface area contributed by atoms with Crippen molar-refractivity contribution in [1.82, 2.24) is 0 Å². The van der Waals surface area contributed by atoms with Gasteiger partial charge in [0.25, 0.3) is 0 Å². The van der Waals surface area contributed by atoms with E-state index in [1.165, 1.54) is 45.2 Å². The molecule has 0 unspecified atom stereocenters. The summed E-state index contributed by atoms with van der Waals surface area (Å²) in [6.07, 6.45) is 8.96. The molecule has 0 aromatic carbocycles. The highest BCUT2D eigenvalue weighted by Gasteiger charge is 2.31. The van der Waals surface area contributed by atoms with Gasteiger partial charge < -0.3 is 9.64 Å². The highest BCUT2D eigenvalue weighted by molar-refractivity contribution is 5.15. The third kappa shape index (κ3) is 4.53. The molecule has 2 rings (SSSR count). The second-order valence-electron chi connectivity index (χ2n) is 5.75. The van der Waals surface area contributed by atoms with Gasteiger partial charge in [0.15, 0.2) is 0 Å². The molecule has 3 nitrogen and oxygen atoms in total. The Bertz CT molecular complexity index is 362. The Morgan fingerprint density at radius 2 is 1.79 bits per heavy atom. The van der Waals surface area contributed by atoms with Gasteiger partial charge in [-0.15, -0.1) is 0 Å². The number of nitrogens with zero attached hydrogens (tertiary/aromatic N) is 1. The molecule has 1 saturated carbocycles. The van der Waals surface area contributed by atoms with Crippen LogP contribution in [0.4, 0.5) is 0 Å². The fourth-order valence-corrected chi connectivity index (χ4v) is 3.10. The second-order valence-corrected chi connectivity index (χ2v) is 5.75. The summed E-state index contributed by atoms with van der Waals surface area (Å²) >= 11 is 0. The molecule has 0 bridgehead atoms. The van der Waals surface area contributed by atoms with Gasteiger partial charge in [0.2, 0.25) is 0 Å². The van der Waals surface area contributed by atoms with Crippen LogP contribution in [0, 0.1) is 23.2 Å². The van der Waals surface area contributed by atoms with E-state index in [0.29, 0.717) is 13.0 Å². The van der Waals surface area contributed by atoms with E-state index < -0.39 is 0 Å². The van der Waals surface area contributed by atoms with Gasteiger partial charge in [0, 0.05) is 12.8 Å². The van der Waals surface area contributed by atoms with Crippen molar-refractivity contribution in [3.05, 3.63) is 0 Å². The van der Waals surface area contributed by atoms with Crippen LogP contribution in [0.25, 0.3) is 0 Å². The molecule has 0 spiro atoms. The first-order chi connectivity index (χ1) is 9.35.